The molecule has 0 saturated carbocycles. The van der Waals surface area contributed by atoms with E-state index in [4.69, 9.17) is 9.72 Å². The number of phenols is 1. The Morgan fingerprint density at radius 2 is 1.88 bits per heavy atom. The monoisotopic (exact) mass is 427 g/mol. The van der Waals surface area contributed by atoms with Crippen molar-refractivity contribution in [2.75, 3.05) is 7.11 Å². The second kappa shape index (κ2) is 8.67. The third-order valence-electron chi connectivity index (χ3n) is 5.39. The molecule has 0 unspecified atom stereocenters. The first kappa shape index (κ1) is 21.3. The number of aromatic nitrogens is 2. The first-order valence-corrected chi connectivity index (χ1v) is 10.4. The Balaban J connectivity index is 2.00. The molecule has 0 aliphatic heterocycles. The standard InChI is InChI=1S/C26H25N3O3/c1-16(2)21-14-22(17(3)12-24(21)32-4)25-28-23-11-6-5-10-20(23)26(31)29(25)27-15-18-8-7-9-19(30)13-18/h5-16,30H,1-4H3. The fourth-order valence-corrected chi connectivity index (χ4v) is 3.70. The predicted molar refractivity (Wildman–Crippen MR) is 128 cm³/mol. The molecule has 0 spiro atoms. The average molecular weight is 428 g/mol. The van der Waals surface area contributed by atoms with Gasteiger partial charge in [0.15, 0.2) is 5.82 Å². The van der Waals surface area contributed by atoms with Crippen LogP contribution in [0.5, 0.6) is 11.5 Å². The summed E-state index contributed by atoms with van der Waals surface area (Å²) < 4.78 is 6.90. The van der Waals surface area contributed by atoms with Gasteiger partial charge in [-0.25, -0.2) is 4.98 Å². The molecule has 1 aromatic heterocycles. The lowest BCUT2D eigenvalue weighted by Gasteiger charge is -2.17. The number of para-hydroxylation sites is 1. The summed E-state index contributed by atoms with van der Waals surface area (Å²) >= 11 is 0. The van der Waals surface area contributed by atoms with Crippen LogP contribution in [-0.2, 0) is 0 Å². The van der Waals surface area contributed by atoms with E-state index in [1.165, 1.54) is 4.68 Å². The van der Waals surface area contributed by atoms with Crippen LogP contribution in [0.4, 0.5) is 0 Å². The number of rotatable bonds is 5. The highest BCUT2D eigenvalue weighted by Crippen LogP contribution is 2.34. The molecule has 1 N–H and O–H groups in total. The Bertz CT molecular complexity index is 1390. The average Bonchev–Trinajstić information content (AvgIpc) is 2.78. The molecule has 3 aromatic carbocycles. The van der Waals surface area contributed by atoms with Crippen molar-refractivity contribution in [1.82, 2.24) is 9.66 Å². The minimum atomic E-state index is -0.261. The molecule has 0 aliphatic rings. The lowest BCUT2D eigenvalue weighted by atomic mass is 9.96. The molecule has 0 saturated heterocycles. The van der Waals surface area contributed by atoms with Crippen molar-refractivity contribution in [1.29, 1.82) is 0 Å². The van der Waals surface area contributed by atoms with Gasteiger partial charge in [-0.1, -0.05) is 38.1 Å². The molecule has 0 fully saturated rings. The molecule has 0 bridgehead atoms. The lowest BCUT2D eigenvalue weighted by Crippen LogP contribution is -2.20. The van der Waals surface area contributed by atoms with Gasteiger partial charge in [-0.3, -0.25) is 4.79 Å². The normalized spacial score (nSPS) is 11.5. The molecule has 6 heteroatoms. The van der Waals surface area contributed by atoms with Gasteiger partial charge in [-0.2, -0.15) is 9.78 Å². The largest absolute Gasteiger partial charge is 0.508 e. The van der Waals surface area contributed by atoms with Gasteiger partial charge in [0.2, 0.25) is 0 Å². The summed E-state index contributed by atoms with van der Waals surface area (Å²) in [6.45, 7) is 6.16. The van der Waals surface area contributed by atoms with Crippen LogP contribution in [0.2, 0.25) is 0 Å². The molecule has 4 aromatic rings. The van der Waals surface area contributed by atoms with Crippen LogP contribution in [0.25, 0.3) is 22.3 Å². The zero-order chi connectivity index (χ0) is 22.8. The zero-order valence-electron chi connectivity index (χ0n) is 18.5. The predicted octanol–water partition coefficient (Wildman–Crippen LogP) is 5.09. The molecule has 32 heavy (non-hydrogen) atoms. The Morgan fingerprint density at radius 1 is 1.09 bits per heavy atom. The Labute approximate surface area is 186 Å². The molecule has 1 heterocycles. The fraction of sp³-hybridized carbons (Fsp3) is 0.192. The van der Waals surface area contributed by atoms with Crippen LogP contribution in [0.15, 0.2) is 70.6 Å². The number of aryl methyl sites for hydroxylation is 1. The molecular weight excluding hydrogens is 402 g/mol. The van der Waals surface area contributed by atoms with E-state index in [2.05, 4.69) is 18.9 Å². The molecule has 6 nitrogen and oxygen atoms in total. The Morgan fingerprint density at radius 3 is 2.59 bits per heavy atom. The summed E-state index contributed by atoms with van der Waals surface area (Å²) in [5.41, 5.74) is 3.78. The first-order valence-electron chi connectivity index (χ1n) is 10.4. The van der Waals surface area contributed by atoms with Gasteiger partial charge < -0.3 is 9.84 Å². The van der Waals surface area contributed by atoms with E-state index < -0.39 is 0 Å². The van der Waals surface area contributed by atoms with Crippen LogP contribution in [0, 0.1) is 6.92 Å². The molecular formula is C26H25N3O3. The van der Waals surface area contributed by atoms with Crippen LogP contribution in [0.1, 0.15) is 36.5 Å². The van der Waals surface area contributed by atoms with E-state index in [1.807, 2.05) is 37.3 Å². The number of benzene rings is 3. The summed E-state index contributed by atoms with van der Waals surface area (Å²) in [6, 6.07) is 17.9. The molecule has 0 aliphatic carbocycles. The van der Waals surface area contributed by atoms with Crippen molar-refractivity contribution in [2.45, 2.75) is 26.7 Å². The SMILES string of the molecule is COc1cc(C)c(-c2nc3ccccc3c(=O)n2N=Cc2cccc(O)c2)cc1C(C)C. The number of fused-ring (bicyclic) bond motifs is 1. The zero-order valence-corrected chi connectivity index (χ0v) is 18.5. The van der Waals surface area contributed by atoms with Crippen LogP contribution in [-0.4, -0.2) is 28.1 Å². The molecule has 0 radical (unpaired) electrons. The van der Waals surface area contributed by atoms with Gasteiger partial charge in [-0.15, -0.1) is 0 Å². The minimum Gasteiger partial charge on any atom is -0.508 e. The number of aromatic hydroxyl groups is 1. The summed E-state index contributed by atoms with van der Waals surface area (Å²) in [4.78, 5) is 18.2. The quantitative estimate of drug-likeness (QED) is 0.450. The first-order chi connectivity index (χ1) is 15.4. The maximum Gasteiger partial charge on any atom is 0.282 e. The fourth-order valence-electron chi connectivity index (χ4n) is 3.70. The van der Waals surface area contributed by atoms with Gasteiger partial charge in [0.05, 0.1) is 24.2 Å². The van der Waals surface area contributed by atoms with E-state index in [9.17, 15) is 9.90 Å². The van der Waals surface area contributed by atoms with Crippen molar-refractivity contribution in [3.63, 3.8) is 0 Å². The highest BCUT2D eigenvalue weighted by atomic mass is 16.5. The third-order valence-corrected chi connectivity index (χ3v) is 5.39. The highest BCUT2D eigenvalue weighted by molar-refractivity contribution is 5.82. The van der Waals surface area contributed by atoms with Crippen molar-refractivity contribution < 1.29 is 9.84 Å². The number of hydrogen-bond donors (Lipinski definition) is 1. The van der Waals surface area contributed by atoms with Gasteiger partial charge in [0.25, 0.3) is 5.56 Å². The summed E-state index contributed by atoms with van der Waals surface area (Å²) in [7, 11) is 1.66. The van der Waals surface area contributed by atoms with E-state index in [0.29, 0.717) is 22.3 Å². The highest BCUT2D eigenvalue weighted by Gasteiger charge is 2.18. The van der Waals surface area contributed by atoms with Crippen molar-refractivity contribution in [2.24, 2.45) is 5.10 Å². The van der Waals surface area contributed by atoms with Crippen LogP contribution < -0.4 is 10.3 Å². The number of phenolic OH excluding ortho intramolecular Hbond substituents is 1. The summed E-state index contributed by atoms with van der Waals surface area (Å²) in [6.07, 6.45) is 1.54. The van der Waals surface area contributed by atoms with Gasteiger partial charge in [-0.05, 0) is 65.9 Å². The maximum absolute atomic E-state index is 13.4. The number of methoxy groups -OCH3 is 1. The van der Waals surface area contributed by atoms with Crippen LogP contribution >= 0.6 is 0 Å². The van der Waals surface area contributed by atoms with Crippen LogP contribution in [0.3, 0.4) is 0 Å². The summed E-state index contributed by atoms with van der Waals surface area (Å²) in [5.74, 6) is 1.61. The number of nitrogens with zero attached hydrogens (tertiary/aromatic N) is 3. The molecule has 0 amide bonds. The molecule has 162 valence electrons. The van der Waals surface area contributed by atoms with Gasteiger partial charge in [0, 0.05) is 5.56 Å². The number of ether oxygens (including phenoxy) is 1. The van der Waals surface area contributed by atoms with Gasteiger partial charge in [0.1, 0.15) is 11.5 Å². The molecule has 0 atom stereocenters. The van der Waals surface area contributed by atoms with E-state index >= 15 is 0 Å². The number of hydrogen-bond acceptors (Lipinski definition) is 5. The van der Waals surface area contributed by atoms with Crippen molar-refractivity contribution in [3.8, 4) is 22.9 Å². The lowest BCUT2D eigenvalue weighted by molar-refractivity contribution is 0.407. The van der Waals surface area contributed by atoms with Crippen molar-refractivity contribution >= 4 is 17.1 Å². The van der Waals surface area contributed by atoms with E-state index in [1.54, 1.807) is 43.7 Å². The summed E-state index contributed by atoms with van der Waals surface area (Å²) in [5, 5.41) is 14.7. The second-order valence-corrected chi connectivity index (χ2v) is 7.97. The van der Waals surface area contributed by atoms with E-state index in [0.717, 1.165) is 22.4 Å². The Kier molecular flexibility index (Phi) is 5.77. The third kappa shape index (κ3) is 3.99. The van der Waals surface area contributed by atoms with Crippen molar-refractivity contribution in [3.05, 3.63) is 87.7 Å². The van der Waals surface area contributed by atoms with E-state index in [-0.39, 0.29) is 17.2 Å². The minimum absolute atomic E-state index is 0.130. The van der Waals surface area contributed by atoms with Gasteiger partial charge >= 0.3 is 0 Å². The topological polar surface area (TPSA) is 76.7 Å². The molecule has 4 rings (SSSR count). The smallest absolute Gasteiger partial charge is 0.282 e. The maximum atomic E-state index is 13.4. The second-order valence-electron chi connectivity index (χ2n) is 7.97. The Hall–Kier alpha value is -3.93.